The Hall–Kier alpha value is -4.24. The number of aromatic nitrogens is 3. The van der Waals surface area contributed by atoms with E-state index in [4.69, 9.17) is 0 Å². The van der Waals surface area contributed by atoms with Crippen molar-refractivity contribution in [2.45, 2.75) is 20.8 Å². The minimum atomic E-state index is 0. The van der Waals surface area contributed by atoms with E-state index in [1.807, 2.05) is 55.0 Å². The van der Waals surface area contributed by atoms with E-state index in [0.29, 0.717) is 0 Å². The molecule has 3 heterocycles. The molecule has 4 heteroatoms. The van der Waals surface area contributed by atoms with Gasteiger partial charge >= 0.3 is 20.1 Å². The summed E-state index contributed by atoms with van der Waals surface area (Å²) in [4.78, 5) is 9.61. The summed E-state index contributed by atoms with van der Waals surface area (Å²) in [5.41, 5.74) is 11.0. The average molecular weight is 703 g/mol. The average Bonchev–Trinajstić information content (AvgIpc) is 3.00. The first kappa shape index (κ1) is 30.3. The monoisotopic (exact) mass is 703 g/mol. The zero-order valence-corrected chi connectivity index (χ0v) is 25.6. The van der Waals surface area contributed by atoms with E-state index in [2.05, 4.69) is 127 Å². The van der Waals surface area contributed by atoms with Crippen LogP contribution >= 0.6 is 0 Å². The molecule has 198 valence electrons. The molecule has 0 aliphatic rings. The summed E-state index contributed by atoms with van der Waals surface area (Å²) >= 11 is 0. The predicted molar refractivity (Wildman–Crippen MR) is 160 cm³/mol. The maximum absolute atomic E-state index is 3.20. The molecule has 0 saturated carbocycles. The Bertz CT molecular complexity index is 1330. The molecule has 6 rings (SSSR count). The Morgan fingerprint density at radius 1 is 0.325 bits per heavy atom. The second-order valence-electron chi connectivity index (χ2n) is 9.43. The number of pyridine rings is 3. The molecule has 3 aromatic heterocycles. The zero-order chi connectivity index (χ0) is 27.3. The molecular formula is C36H36IrN3+6. The minimum Gasteiger partial charge on any atom is -0.211 e. The number of hydrogen-bond acceptors (Lipinski definition) is 0. The normalized spacial score (nSPS) is 9.68. The molecule has 0 atom stereocenters. The minimum absolute atomic E-state index is 0. The molecule has 0 radical (unpaired) electrons. The summed E-state index contributed by atoms with van der Waals surface area (Å²) in [7, 11) is 0. The molecule has 3 nitrogen and oxygen atoms in total. The van der Waals surface area contributed by atoms with Gasteiger partial charge in [-0.3, -0.25) is 0 Å². The summed E-state index contributed by atoms with van der Waals surface area (Å²) in [5.74, 6) is 0. The van der Waals surface area contributed by atoms with Crippen LogP contribution in [0.25, 0.3) is 33.8 Å². The molecule has 0 fully saturated rings. The molecule has 0 amide bonds. The van der Waals surface area contributed by atoms with Gasteiger partial charge in [-0.2, -0.15) is 0 Å². The number of H-pyrrole nitrogens is 3. The second-order valence-corrected chi connectivity index (χ2v) is 9.43. The molecule has 0 aliphatic carbocycles. The van der Waals surface area contributed by atoms with Crippen molar-refractivity contribution in [3.63, 3.8) is 0 Å². The summed E-state index contributed by atoms with van der Waals surface area (Å²) in [6.07, 6.45) is 5.82. The van der Waals surface area contributed by atoms with Gasteiger partial charge < -0.3 is 0 Å². The number of hydrogen-bond donors (Lipinski definition) is 0. The summed E-state index contributed by atoms with van der Waals surface area (Å²) in [5, 5.41) is 0. The van der Waals surface area contributed by atoms with Gasteiger partial charge in [0.15, 0.2) is 18.6 Å². The zero-order valence-electron chi connectivity index (χ0n) is 23.2. The van der Waals surface area contributed by atoms with Gasteiger partial charge in [-0.05, 0) is 75.4 Å². The first-order chi connectivity index (χ1) is 19.1. The third kappa shape index (κ3) is 9.50. The number of rotatable bonds is 3. The van der Waals surface area contributed by atoms with Crippen molar-refractivity contribution in [3.05, 3.63) is 163 Å². The fourth-order valence-corrected chi connectivity index (χ4v) is 3.92. The molecule has 0 unspecified atom stereocenters. The van der Waals surface area contributed by atoms with Crippen LogP contribution < -0.4 is 15.0 Å². The van der Waals surface area contributed by atoms with E-state index in [1.54, 1.807) is 0 Å². The van der Waals surface area contributed by atoms with E-state index in [9.17, 15) is 0 Å². The van der Waals surface area contributed by atoms with Gasteiger partial charge in [0.1, 0.15) is 0 Å². The van der Waals surface area contributed by atoms with Crippen LogP contribution in [-0.2, 0) is 20.1 Å². The summed E-state index contributed by atoms with van der Waals surface area (Å²) in [6.45, 7) is 6.29. The van der Waals surface area contributed by atoms with Gasteiger partial charge in [-0.25, -0.2) is 15.0 Å². The Balaban J connectivity index is 0.000000163. The standard InChI is InChI=1S/3C12H11N.Ir/c3*1-10-5-7-11(8-6-10)12-4-2-3-9-13-12;/h3*2-9H,1H3;/q;;;+3/p+3. The van der Waals surface area contributed by atoms with Gasteiger partial charge in [-0.1, -0.05) is 53.1 Å². The molecule has 3 aromatic carbocycles. The molecular weight excluding hydrogens is 667 g/mol. The van der Waals surface area contributed by atoms with Crippen molar-refractivity contribution in [2.75, 3.05) is 0 Å². The summed E-state index contributed by atoms with van der Waals surface area (Å²) in [6, 6.07) is 43.8. The van der Waals surface area contributed by atoms with Crippen molar-refractivity contribution in [1.82, 2.24) is 0 Å². The molecule has 0 aliphatic heterocycles. The van der Waals surface area contributed by atoms with Crippen LogP contribution in [0.2, 0.25) is 0 Å². The van der Waals surface area contributed by atoms with E-state index in [1.165, 1.54) is 33.4 Å². The SMILES string of the molecule is Cc1ccc(-c2cccc[nH+]2)cc1.Cc1ccc(-c2cccc[nH+]2)cc1.Cc1ccc(-c2cccc[nH+]2)cc1.[Ir+3]. The Morgan fingerprint density at radius 3 is 0.775 bits per heavy atom. The van der Waals surface area contributed by atoms with Crippen LogP contribution in [0.1, 0.15) is 16.7 Å². The van der Waals surface area contributed by atoms with Gasteiger partial charge in [-0.15, -0.1) is 0 Å². The van der Waals surface area contributed by atoms with Gasteiger partial charge in [0.25, 0.3) is 0 Å². The first-order valence-electron chi connectivity index (χ1n) is 13.2. The van der Waals surface area contributed by atoms with Crippen LogP contribution in [-0.4, -0.2) is 0 Å². The van der Waals surface area contributed by atoms with E-state index >= 15 is 0 Å². The van der Waals surface area contributed by atoms with Gasteiger partial charge in [0.2, 0.25) is 17.1 Å². The molecule has 0 bridgehead atoms. The summed E-state index contributed by atoms with van der Waals surface area (Å²) < 4.78 is 0. The van der Waals surface area contributed by atoms with Gasteiger partial charge in [0, 0.05) is 53.1 Å². The van der Waals surface area contributed by atoms with Crippen molar-refractivity contribution in [2.24, 2.45) is 0 Å². The van der Waals surface area contributed by atoms with E-state index in [0.717, 1.165) is 17.1 Å². The third-order valence-electron chi connectivity index (χ3n) is 6.21. The third-order valence-corrected chi connectivity index (χ3v) is 6.21. The first-order valence-corrected chi connectivity index (χ1v) is 13.2. The van der Waals surface area contributed by atoms with Crippen molar-refractivity contribution < 1.29 is 35.1 Å². The van der Waals surface area contributed by atoms with E-state index < -0.39 is 0 Å². The fourth-order valence-electron chi connectivity index (χ4n) is 3.92. The molecule has 3 N–H and O–H groups in total. The quantitative estimate of drug-likeness (QED) is 0.184. The number of nitrogens with one attached hydrogen (secondary N) is 3. The number of aromatic amines is 3. The smallest absolute Gasteiger partial charge is 0.211 e. The van der Waals surface area contributed by atoms with Crippen LogP contribution in [0.15, 0.2) is 146 Å². The molecule has 40 heavy (non-hydrogen) atoms. The van der Waals surface area contributed by atoms with E-state index in [-0.39, 0.29) is 20.1 Å². The maximum atomic E-state index is 3.20. The van der Waals surface area contributed by atoms with Crippen molar-refractivity contribution in [1.29, 1.82) is 0 Å². The van der Waals surface area contributed by atoms with Crippen LogP contribution in [0.5, 0.6) is 0 Å². The van der Waals surface area contributed by atoms with Crippen molar-refractivity contribution >= 4 is 0 Å². The van der Waals surface area contributed by atoms with Crippen LogP contribution in [0, 0.1) is 20.8 Å². The fraction of sp³-hybridized carbons (Fsp3) is 0.0833. The number of aryl methyl sites for hydroxylation is 3. The molecule has 0 saturated heterocycles. The van der Waals surface area contributed by atoms with Crippen LogP contribution in [0.4, 0.5) is 0 Å². The second kappa shape index (κ2) is 16.0. The Morgan fingerprint density at radius 2 is 0.575 bits per heavy atom. The Kier molecular flexibility index (Phi) is 12.1. The number of benzene rings is 3. The predicted octanol–water partition coefficient (Wildman–Crippen LogP) is 7.43. The van der Waals surface area contributed by atoms with Gasteiger partial charge in [0.05, 0.1) is 0 Å². The maximum Gasteiger partial charge on any atom is 3.00 e. The van der Waals surface area contributed by atoms with Crippen LogP contribution in [0.3, 0.4) is 0 Å². The topological polar surface area (TPSA) is 42.4 Å². The molecule has 0 spiro atoms. The Labute approximate surface area is 251 Å². The largest absolute Gasteiger partial charge is 3.00 e. The molecule has 6 aromatic rings. The van der Waals surface area contributed by atoms with Crippen molar-refractivity contribution in [3.8, 4) is 33.8 Å².